The second kappa shape index (κ2) is 14.9. The van der Waals surface area contributed by atoms with Crippen LogP contribution in [0.3, 0.4) is 0 Å². The minimum Gasteiger partial charge on any atom is -0.474 e. The lowest BCUT2D eigenvalue weighted by Gasteiger charge is -2.32. The molecule has 244 valence electrons. The highest BCUT2D eigenvalue weighted by Gasteiger charge is 2.28. The molecule has 1 N–H and O–H groups in total. The fourth-order valence-corrected chi connectivity index (χ4v) is 5.47. The summed E-state index contributed by atoms with van der Waals surface area (Å²) in [5.41, 5.74) is 4.81. The molecule has 1 fully saturated rings. The number of carbonyl (C=O) groups is 3. The van der Waals surface area contributed by atoms with E-state index in [-0.39, 0.29) is 29.0 Å². The minimum absolute atomic E-state index is 0.0274. The number of amides is 3. The van der Waals surface area contributed by atoms with Gasteiger partial charge in [0.25, 0.3) is 17.7 Å². The number of benzene rings is 3. The standard InChI is InChI=1S/C37H40FN5O4/c1-41(2)30-13-5-25(6-14-30)17-20-39-35(44)33-23-29(38)12-15-32(33)37(46)43-21-18-31(19-22-43)47-34-16-11-28(24-40-34)26-7-9-27(10-8-26)36(45)42(3)4/h5-16,23-24,31H,17-22H2,1-4H3,(H,39,44). The van der Waals surface area contributed by atoms with Crippen LogP contribution in [-0.2, 0) is 6.42 Å². The van der Waals surface area contributed by atoms with Crippen molar-refractivity contribution in [2.24, 2.45) is 0 Å². The molecule has 1 aliphatic rings. The molecule has 1 saturated heterocycles. The zero-order chi connectivity index (χ0) is 33.5. The van der Waals surface area contributed by atoms with E-state index < -0.39 is 11.7 Å². The van der Waals surface area contributed by atoms with Crippen LogP contribution in [0.2, 0.25) is 0 Å². The first-order chi connectivity index (χ1) is 22.6. The van der Waals surface area contributed by atoms with E-state index in [4.69, 9.17) is 4.74 Å². The van der Waals surface area contributed by atoms with Crippen LogP contribution in [-0.4, -0.2) is 86.4 Å². The average Bonchev–Trinajstić information content (AvgIpc) is 3.08. The first-order valence-electron chi connectivity index (χ1n) is 15.7. The van der Waals surface area contributed by atoms with Gasteiger partial charge < -0.3 is 24.8 Å². The Kier molecular flexibility index (Phi) is 10.5. The van der Waals surface area contributed by atoms with Gasteiger partial charge in [-0.05, 0) is 66.1 Å². The number of carbonyl (C=O) groups excluding carboxylic acids is 3. The molecule has 5 rings (SSSR count). The molecule has 1 aliphatic heterocycles. The Labute approximate surface area is 275 Å². The van der Waals surface area contributed by atoms with Gasteiger partial charge in [0.05, 0.1) is 11.1 Å². The van der Waals surface area contributed by atoms with Crippen LogP contribution in [0.25, 0.3) is 11.1 Å². The number of hydrogen-bond donors (Lipinski definition) is 1. The van der Waals surface area contributed by atoms with E-state index in [2.05, 4.69) is 10.3 Å². The lowest BCUT2D eigenvalue weighted by Crippen LogP contribution is -2.42. The van der Waals surface area contributed by atoms with E-state index in [0.29, 0.717) is 50.3 Å². The number of rotatable bonds is 10. The molecule has 4 aromatic rings. The van der Waals surface area contributed by atoms with E-state index in [9.17, 15) is 18.8 Å². The number of halogens is 1. The van der Waals surface area contributed by atoms with Crippen molar-refractivity contribution in [1.82, 2.24) is 20.1 Å². The van der Waals surface area contributed by atoms with Crippen molar-refractivity contribution in [3.63, 3.8) is 0 Å². The van der Waals surface area contributed by atoms with Gasteiger partial charge in [-0.25, -0.2) is 9.37 Å². The number of likely N-dealkylation sites (tertiary alicyclic amines) is 1. The van der Waals surface area contributed by atoms with E-state index in [1.807, 2.05) is 67.5 Å². The molecule has 3 amide bonds. The highest BCUT2D eigenvalue weighted by atomic mass is 19.1. The van der Waals surface area contributed by atoms with E-state index in [1.54, 1.807) is 37.3 Å². The van der Waals surface area contributed by atoms with Gasteiger partial charge in [0.1, 0.15) is 11.9 Å². The van der Waals surface area contributed by atoms with E-state index in [0.717, 1.165) is 28.4 Å². The SMILES string of the molecule is CN(C)C(=O)c1ccc(-c2ccc(OC3CCN(C(=O)c4ccc(F)cc4C(=O)NCCc4ccc(N(C)C)cc4)CC3)nc2)cc1. The summed E-state index contributed by atoms with van der Waals surface area (Å²) in [4.78, 5) is 48.4. The van der Waals surface area contributed by atoms with Crippen LogP contribution in [0, 0.1) is 5.82 Å². The predicted molar refractivity (Wildman–Crippen MR) is 180 cm³/mol. The maximum atomic E-state index is 14.2. The lowest BCUT2D eigenvalue weighted by molar-refractivity contribution is 0.0584. The molecule has 0 bridgehead atoms. The average molecular weight is 638 g/mol. The minimum atomic E-state index is -0.576. The molecule has 10 heteroatoms. The topological polar surface area (TPSA) is 95.1 Å². The van der Waals surface area contributed by atoms with Crippen LogP contribution in [0.15, 0.2) is 85.1 Å². The lowest BCUT2D eigenvalue weighted by atomic mass is 10.0. The first kappa shape index (κ1) is 33.1. The summed E-state index contributed by atoms with van der Waals surface area (Å²) in [5.74, 6) is -0.933. The molecule has 2 heterocycles. The van der Waals surface area contributed by atoms with E-state index in [1.165, 1.54) is 17.0 Å². The first-order valence-corrected chi connectivity index (χ1v) is 15.7. The van der Waals surface area contributed by atoms with Crippen molar-refractivity contribution in [3.05, 3.63) is 113 Å². The molecule has 3 aromatic carbocycles. The van der Waals surface area contributed by atoms with Crippen molar-refractivity contribution in [2.45, 2.75) is 25.4 Å². The largest absolute Gasteiger partial charge is 0.474 e. The molecule has 1 aromatic heterocycles. The number of ether oxygens (including phenoxy) is 1. The normalized spacial score (nSPS) is 13.2. The van der Waals surface area contributed by atoms with Gasteiger partial charge in [-0.2, -0.15) is 0 Å². The van der Waals surface area contributed by atoms with Crippen LogP contribution in [0.4, 0.5) is 10.1 Å². The van der Waals surface area contributed by atoms with Crippen LogP contribution < -0.4 is 15.0 Å². The monoisotopic (exact) mass is 637 g/mol. The number of anilines is 1. The molecular weight excluding hydrogens is 597 g/mol. The van der Waals surface area contributed by atoms with Crippen molar-refractivity contribution in [1.29, 1.82) is 0 Å². The van der Waals surface area contributed by atoms with Crippen LogP contribution in [0.1, 0.15) is 49.5 Å². The molecule has 0 radical (unpaired) electrons. The van der Waals surface area contributed by atoms with Crippen molar-refractivity contribution >= 4 is 23.4 Å². The molecule has 0 unspecified atom stereocenters. The van der Waals surface area contributed by atoms with Gasteiger partial charge in [0, 0.05) is 89.7 Å². The molecule has 47 heavy (non-hydrogen) atoms. The number of nitrogens with one attached hydrogen (secondary N) is 1. The van der Waals surface area contributed by atoms with Gasteiger partial charge in [-0.3, -0.25) is 14.4 Å². The smallest absolute Gasteiger partial charge is 0.254 e. The Morgan fingerprint density at radius 1 is 0.872 bits per heavy atom. The molecule has 0 spiro atoms. The zero-order valence-corrected chi connectivity index (χ0v) is 27.2. The van der Waals surface area contributed by atoms with Gasteiger partial charge >= 0.3 is 0 Å². The number of pyridine rings is 1. The van der Waals surface area contributed by atoms with Crippen molar-refractivity contribution in [2.75, 3.05) is 52.7 Å². The zero-order valence-electron chi connectivity index (χ0n) is 27.2. The number of piperidine rings is 1. The third-order valence-corrected chi connectivity index (χ3v) is 8.23. The Bertz CT molecular complexity index is 1700. The maximum Gasteiger partial charge on any atom is 0.254 e. The summed E-state index contributed by atoms with van der Waals surface area (Å²) in [6, 6.07) is 22.9. The number of hydrogen-bond acceptors (Lipinski definition) is 6. The molecule has 0 atom stereocenters. The number of nitrogens with zero attached hydrogens (tertiary/aromatic N) is 4. The Hall–Kier alpha value is -5.25. The summed E-state index contributed by atoms with van der Waals surface area (Å²) < 4.78 is 20.3. The quantitative estimate of drug-likeness (QED) is 0.253. The fourth-order valence-electron chi connectivity index (χ4n) is 5.47. The summed E-state index contributed by atoms with van der Waals surface area (Å²) in [5, 5.41) is 2.84. The van der Waals surface area contributed by atoms with Crippen LogP contribution in [0.5, 0.6) is 5.88 Å². The van der Waals surface area contributed by atoms with Gasteiger partial charge in [0.2, 0.25) is 5.88 Å². The fraction of sp³-hybridized carbons (Fsp3) is 0.297. The highest BCUT2D eigenvalue weighted by molar-refractivity contribution is 6.07. The summed E-state index contributed by atoms with van der Waals surface area (Å²) in [6.45, 7) is 1.22. The third-order valence-electron chi connectivity index (χ3n) is 8.23. The van der Waals surface area contributed by atoms with Gasteiger partial charge in [-0.1, -0.05) is 24.3 Å². The number of aromatic nitrogens is 1. The summed E-state index contributed by atoms with van der Waals surface area (Å²) in [6.07, 6.45) is 3.39. The second-order valence-electron chi connectivity index (χ2n) is 12.0. The Morgan fingerprint density at radius 3 is 2.17 bits per heavy atom. The Morgan fingerprint density at radius 2 is 1.55 bits per heavy atom. The summed E-state index contributed by atoms with van der Waals surface area (Å²) in [7, 11) is 7.39. The molecule has 0 aliphatic carbocycles. The maximum absolute atomic E-state index is 14.2. The van der Waals surface area contributed by atoms with Gasteiger partial charge in [-0.15, -0.1) is 0 Å². The highest BCUT2D eigenvalue weighted by Crippen LogP contribution is 2.24. The Balaban J connectivity index is 1.13. The summed E-state index contributed by atoms with van der Waals surface area (Å²) >= 11 is 0. The third kappa shape index (κ3) is 8.32. The molecule has 9 nitrogen and oxygen atoms in total. The van der Waals surface area contributed by atoms with Gasteiger partial charge in [0.15, 0.2) is 0 Å². The van der Waals surface area contributed by atoms with Crippen LogP contribution >= 0.6 is 0 Å². The second-order valence-corrected chi connectivity index (χ2v) is 12.0. The molecule has 0 saturated carbocycles. The van der Waals surface area contributed by atoms with E-state index >= 15 is 0 Å². The van der Waals surface area contributed by atoms with Crippen molar-refractivity contribution in [3.8, 4) is 17.0 Å². The van der Waals surface area contributed by atoms with Crippen molar-refractivity contribution < 1.29 is 23.5 Å². The molecular formula is C37H40FN5O4. The predicted octanol–water partition coefficient (Wildman–Crippen LogP) is 5.31.